The molecule has 2 aliphatic heterocycles. The van der Waals surface area contributed by atoms with Gasteiger partial charge in [0.05, 0.1) is 11.2 Å². The van der Waals surface area contributed by atoms with Crippen LogP contribution in [0.25, 0.3) is 38.6 Å². The first-order chi connectivity index (χ1) is 11.3. The first-order valence-corrected chi connectivity index (χ1v) is 8.75. The Morgan fingerprint density at radius 2 is 1.78 bits per heavy atom. The molecule has 0 unspecified atom stereocenters. The third-order valence-electron chi connectivity index (χ3n) is 3.89. The number of hydrogen-bond acceptors (Lipinski definition) is 4. The van der Waals surface area contributed by atoms with E-state index in [1.54, 1.807) is 11.3 Å². The van der Waals surface area contributed by atoms with Crippen molar-refractivity contribution in [1.29, 1.82) is 0 Å². The minimum absolute atomic E-state index is 0.842. The average Bonchev–Trinajstić information content (AvgIpc) is 3.16. The summed E-state index contributed by atoms with van der Waals surface area (Å²) in [5.41, 5.74) is 4.01. The lowest BCUT2D eigenvalue weighted by atomic mass is 10.2. The molecular weight excluding hydrogens is 372 g/mol. The van der Waals surface area contributed by atoms with Gasteiger partial charge in [0.2, 0.25) is 4.96 Å². The topological polar surface area (TPSA) is 43.1 Å². The molecule has 3 heterocycles. The van der Waals surface area contributed by atoms with Crippen LogP contribution in [0.1, 0.15) is 0 Å². The highest BCUT2D eigenvalue weighted by atomic mass is 79.9. The van der Waals surface area contributed by atoms with Crippen LogP contribution in [0, 0.1) is 0 Å². The summed E-state index contributed by atoms with van der Waals surface area (Å²) in [5.74, 6) is 0.857. The highest BCUT2D eigenvalue weighted by molar-refractivity contribution is 9.10. The van der Waals surface area contributed by atoms with Crippen molar-refractivity contribution in [1.82, 2.24) is 19.6 Å². The van der Waals surface area contributed by atoms with Crippen LogP contribution < -0.4 is 0 Å². The van der Waals surface area contributed by atoms with E-state index in [0.29, 0.717) is 0 Å². The van der Waals surface area contributed by atoms with E-state index in [2.05, 4.69) is 48.0 Å². The summed E-state index contributed by atoms with van der Waals surface area (Å²) >= 11 is 5.06. The van der Waals surface area contributed by atoms with Crippen molar-refractivity contribution in [2.75, 3.05) is 0 Å². The lowest BCUT2D eigenvalue weighted by Crippen LogP contribution is -1.99. The predicted molar refractivity (Wildman–Crippen MR) is 95.9 cm³/mol. The lowest BCUT2D eigenvalue weighted by molar-refractivity contribution is 0.989. The van der Waals surface area contributed by atoms with Gasteiger partial charge in [-0.1, -0.05) is 46.3 Å². The summed E-state index contributed by atoms with van der Waals surface area (Å²) < 4.78 is 3.16. The fourth-order valence-electron chi connectivity index (χ4n) is 2.81. The molecule has 6 heteroatoms. The first kappa shape index (κ1) is 13.2. The van der Waals surface area contributed by atoms with E-state index in [9.17, 15) is 0 Å². The van der Waals surface area contributed by atoms with Crippen LogP contribution in [0.2, 0.25) is 0 Å². The summed E-state index contributed by atoms with van der Waals surface area (Å²) in [4.78, 5) is 5.62. The molecule has 5 rings (SSSR count). The minimum atomic E-state index is 0.842. The quantitative estimate of drug-likeness (QED) is 0.416. The fraction of sp³-hybridized carbons (Fsp3) is 0. The molecule has 0 N–H and O–H groups in total. The van der Waals surface area contributed by atoms with Gasteiger partial charge >= 0.3 is 0 Å². The summed E-state index contributed by atoms with van der Waals surface area (Å²) in [5, 5.41) is 11.9. The Morgan fingerprint density at radius 1 is 0.957 bits per heavy atom. The molecule has 3 aromatic rings. The maximum absolute atomic E-state index is 4.78. The van der Waals surface area contributed by atoms with Gasteiger partial charge in [0, 0.05) is 15.2 Å². The molecule has 23 heavy (non-hydrogen) atoms. The normalized spacial score (nSPS) is 11.7. The van der Waals surface area contributed by atoms with E-state index in [4.69, 9.17) is 4.98 Å². The Balaban J connectivity index is 1.88. The first-order valence-electron chi connectivity index (χ1n) is 7.08. The standard InChI is InChI=1S/C17H9BrN4S/c18-11-7-5-10(6-8-11)14-9-23-17-21-20-15-12-3-1-2-4-13(12)19-16(15)22(14)17/h1-9H. The molecule has 0 fully saturated rings. The zero-order valence-corrected chi connectivity index (χ0v) is 14.2. The van der Waals surface area contributed by atoms with Crippen LogP contribution >= 0.6 is 27.3 Å². The molecule has 0 saturated heterocycles. The van der Waals surface area contributed by atoms with Crippen molar-refractivity contribution < 1.29 is 0 Å². The summed E-state index contributed by atoms with van der Waals surface area (Å²) in [7, 11) is 0. The largest absolute Gasteiger partial charge is 0.266 e. The van der Waals surface area contributed by atoms with E-state index in [1.165, 1.54) is 0 Å². The SMILES string of the molecule is Brc1ccc(-c2csc3nnc4c5ccccc5nc-4n23)cc1. The molecule has 0 spiro atoms. The number of aromatic nitrogens is 4. The van der Waals surface area contributed by atoms with Gasteiger partial charge in [0.15, 0.2) is 5.82 Å². The number of thiazole rings is 1. The number of para-hydroxylation sites is 1. The monoisotopic (exact) mass is 380 g/mol. The molecule has 1 aromatic heterocycles. The molecule has 0 aliphatic carbocycles. The molecule has 0 radical (unpaired) electrons. The van der Waals surface area contributed by atoms with E-state index in [0.717, 1.165) is 43.1 Å². The van der Waals surface area contributed by atoms with Gasteiger partial charge in [-0.2, -0.15) is 0 Å². The van der Waals surface area contributed by atoms with Gasteiger partial charge in [-0.25, -0.2) is 4.98 Å². The van der Waals surface area contributed by atoms with Crippen molar-refractivity contribution >= 4 is 43.1 Å². The van der Waals surface area contributed by atoms with Crippen molar-refractivity contribution in [2.45, 2.75) is 0 Å². The fourth-order valence-corrected chi connectivity index (χ4v) is 3.91. The van der Waals surface area contributed by atoms with Crippen LogP contribution in [0.3, 0.4) is 0 Å². The van der Waals surface area contributed by atoms with E-state index < -0.39 is 0 Å². The molecule has 0 bridgehead atoms. The van der Waals surface area contributed by atoms with Gasteiger partial charge in [0.1, 0.15) is 5.69 Å². The Kier molecular flexibility index (Phi) is 2.77. The maximum Gasteiger partial charge on any atom is 0.216 e. The third-order valence-corrected chi connectivity index (χ3v) is 5.24. The summed E-state index contributed by atoms with van der Waals surface area (Å²) in [6, 6.07) is 16.3. The zero-order valence-electron chi connectivity index (χ0n) is 11.8. The Morgan fingerprint density at radius 3 is 2.65 bits per heavy atom. The Hall–Kier alpha value is -2.31. The third kappa shape index (κ3) is 1.92. The molecule has 0 atom stereocenters. The number of hydrogen-bond donors (Lipinski definition) is 0. The number of benzene rings is 2. The van der Waals surface area contributed by atoms with Crippen LogP contribution in [-0.2, 0) is 0 Å². The zero-order chi connectivity index (χ0) is 15.4. The highest BCUT2D eigenvalue weighted by Gasteiger charge is 2.20. The van der Waals surface area contributed by atoms with Gasteiger partial charge in [-0.3, -0.25) is 4.40 Å². The molecular formula is C17H9BrN4S. The van der Waals surface area contributed by atoms with Crippen molar-refractivity contribution in [3.05, 3.63) is 58.4 Å². The highest BCUT2D eigenvalue weighted by Crippen LogP contribution is 2.34. The number of nitrogens with zero attached hydrogens (tertiary/aromatic N) is 4. The van der Waals surface area contributed by atoms with Crippen LogP contribution in [0.15, 0.2) is 58.4 Å². The van der Waals surface area contributed by atoms with Gasteiger partial charge in [0.25, 0.3) is 0 Å². The summed E-state index contributed by atoms with van der Waals surface area (Å²) in [6.45, 7) is 0. The maximum atomic E-state index is 4.78. The van der Waals surface area contributed by atoms with E-state index >= 15 is 0 Å². The number of halogens is 1. The minimum Gasteiger partial charge on any atom is -0.266 e. The number of fused-ring (bicyclic) bond motifs is 5. The van der Waals surface area contributed by atoms with E-state index in [-0.39, 0.29) is 0 Å². The van der Waals surface area contributed by atoms with Crippen LogP contribution in [0.5, 0.6) is 0 Å². The molecule has 2 aromatic carbocycles. The van der Waals surface area contributed by atoms with Gasteiger partial charge in [-0.05, 0) is 23.8 Å². The second kappa shape index (κ2) is 4.84. The van der Waals surface area contributed by atoms with Crippen LogP contribution in [-0.4, -0.2) is 19.6 Å². The van der Waals surface area contributed by atoms with Gasteiger partial charge < -0.3 is 0 Å². The lowest BCUT2D eigenvalue weighted by Gasteiger charge is -2.05. The van der Waals surface area contributed by atoms with Crippen molar-refractivity contribution in [3.63, 3.8) is 0 Å². The van der Waals surface area contributed by atoms with Crippen molar-refractivity contribution in [3.8, 4) is 22.8 Å². The Bertz CT molecular complexity index is 1130. The second-order valence-corrected chi connectivity index (χ2v) is 7.00. The summed E-state index contributed by atoms with van der Waals surface area (Å²) in [6.07, 6.45) is 0. The van der Waals surface area contributed by atoms with E-state index in [1.807, 2.05) is 36.4 Å². The molecule has 2 aliphatic rings. The molecule has 0 amide bonds. The van der Waals surface area contributed by atoms with Gasteiger partial charge in [-0.15, -0.1) is 21.5 Å². The molecule has 0 saturated carbocycles. The average molecular weight is 381 g/mol. The molecule has 4 nitrogen and oxygen atoms in total. The molecule has 110 valence electrons. The van der Waals surface area contributed by atoms with Crippen molar-refractivity contribution in [2.24, 2.45) is 0 Å². The number of rotatable bonds is 1. The predicted octanol–water partition coefficient (Wildman–Crippen LogP) is 4.87. The smallest absolute Gasteiger partial charge is 0.216 e. The second-order valence-electron chi connectivity index (χ2n) is 5.25. The Labute approximate surface area is 143 Å². The van der Waals surface area contributed by atoms with Crippen LogP contribution in [0.4, 0.5) is 0 Å².